The topological polar surface area (TPSA) is 84.1 Å². The third-order valence-corrected chi connectivity index (χ3v) is 2.78. The fraction of sp³-hybridized carbons (Fsp3) is 0.133. The lowest BCUT2D eigenvalue weighted by Gasteiger charge is -2.05. The smallest absolute Gasteiger partial charge is 0.346 e. The van der Waals surface area contributed by atoms with Crippen molar-refractivity contribution in [2.75, 3.05) is 13.7 Å². The van der Waals surface area contributed by atoms with Gasteiger partial charge in [0, 0.05) is 12.1 Å². The van der Waals surface area contributed by atoms with E-state index in [0.29, 0.717) is 18.0 Å². The molecule has 0 fully saturated rings. The molecular weight excluding hydrogens is 270 g/mol. The largest absolute Gasteiger partial charge is 0.497 e. The van der Waals surface area contributed by atoms with E-state index < -0.39 is 5.69 Å². The van der Waals surface area contributed by atoms with Gasteiger partial charge in [0.1, 0.15) is 11.4 Å². The molecule has 0 radical (unpaired) electrons. The fourth-order valence-corrected chi connectivity index (χ4v) is 1.75. The highest BCUT2D eigenvalue weighted by atomic mass is 16.5. The van der Waals surface area contributed by atoms with Gasteiger partial charge in [0.15, 0.2) is 0 Å². The van der Waals surface area contributed by atoms with E-state index in [1.54, 1.807) is 37.5 Å². The number of hydrogen-bond acceptors (Lipinski definition) is 4. The zero-order valence-corrected chi connectivity index (χ0v) is 11.6. The van der Waals surface area contributed by atoms with Crippen molar-refractivity contribution in [1.29, 1.82) is 0 Å². The van der Waals surface area contributed by atoms with Crippen LogP contribution in [-0.2, 0) is 0 Å². The normalized spacial score (nSPS) is 9.95. The van der Waals surface area contributed by atoms with Crippen molar-refractivity contribution in [3.05, 3.63) is 59.2 Å². The zero-order valence-electron chi connectivity index (χ0n) is 11.6. The standard InChI is InChI=1S/C15H15N3O3/c1-3-8-16-14(19)13-9-12(17-15(20)18-13)10-4-6-11(21-2)7-5-10/h3-7,9H,1,8H2,2H3,(H,16,19)(H,17,18,20). The Hall–Kier alpha value is -2.89. The first-order chi connectivity index (χ1) is 10.1. The lowest BCUT2D eigenvalue weighted by Crippen LogP contribution is -2.27. The van der Waals surface area contributed by atoms with Crippen molar-refractivity contribution in [3.8, 4) is 17.0 Å². The highest BCUT2D eigenvalue weighted by Gasteiger charge is 2.10. The summed E-state index contributed by atoms with van der Waals surface area (Å²) in [6.45, 7) is 3.83. The van der Waals surface area contributed by atoms with E-state index in [1.807, 2.05) is 0 Å². The molecule has 2 N–H and O–H groups in total. The van der Waals surface area contributed by atoms with Gasteiger partial charge in [-0.25, -0.2) is 4.79 Å². The highest BCUT2D eigenvalue weighted by molar-refractivity contribution is 5.93. The summed E-state index contributed by atoms with van der Waals surface area (Å²) in [6, 6.07) is 8.59. The molecule has 6 heteroatoms. The summed E-state index contributed by atoms with van der Waals surface area (Å²) in [5.74, 6) is 0.316. The van der Waals surface area contributed by atoms with Crippen LogP contribution in [0.25, 0.3) is 11.3 Å². The molecule has 1 amide bonds. The lowest BCUT2D eigenvalue weighted by molar-refractivity contribution is 0.0952. The van der Waals surface area contributed by atoms with E-state index in [9.17, 15) is 9.59 Å². The number of carbonyl (C=O) groups excluding carboxylic acids is 1. The van der Waals surface area contributed by atoms with Gasteiger partial charge in [-0.3, -0.25) is 4.79 Å². The second-order valence-electron chi connectivity index (χ2n) is 4.21. The summed E-state index contributed by atoms with van der Waals surface area (Å²) in [7, 11) is 1.57. The fourth-order valence-electron chi connectivity index (χ4n) is 1.75. The lowest BCUT2D eigenvalue weighted by atomic mass is 10.1. The number of benzene rings is 1. The maximum atomic E-state index is 11.9. The molecule has 2 rings (SSSR count). The summed E-state index contributed by atoms with van der Waals surface area (Å²) in [6.07, 6.45) is 1.56. The van der Waals surface area contributed by atoms with Gasteiger partial charge in [0.25, 0.3) is 5.91 Å². The number of carbonyl (C=O) groups is 1. The summed E-state index contributed by atoms with van der Waals surface area (Å²) >= 11 is 0. The van der Waals surface area contributed by atoms with E-state index in [-0.39, 0.29) is 11.6 Å². The number of nitrogens with one attached hydrogen (secondary N) is 2. The maximum Gasteiger partial charge on any atom is 0.346 e. The van der Waals surface area contributed by atoms with Gasteiger partial charge in [-0.1, -0.05) is 6.08 Å². The van der Waals surface area contributed by atoms with Crippen LogP contribution >= 0.6 is 0 Å². The monoisotopic (exact) mass is 285 g/mol. The van der Waals surface area contributed by atoms with Crippen LogP contribution in [0.15, 0.2) is 47.8 Å². The number of amides is 1. The molecule has 0 aliphatic carbocycles. The van der Waals surface area contributed by atoms with Gasteiger partial charge in [-0.15, -0.1) is 6.58 Å². The average molecular weight is 285 g/mol. The molecule has 6 nitrogen and oxygen atoms in total. The van der Waals surface area contributed by atoms with E-state index in [4.69, 9.17) is 4.74 Å². The number of ether oxygens (including phenoxy) is 1. The van der Waals surface area contributed by atoms with Crippen LogP contribution in [0.1, 0.15) is 10.5 Å². The molecule has 108 valence electrons. The number of aromatic nitrogens is 2. The molecule has 0 unspecified atom stereocenters. The SMILES string of the molecule is C=CCNC(=O)c1cc(-c2ccc(OC)cc2)nc(=O)[nH]1. The van der Waals surface area contributed by atoms with E-state index >= 15 is 0 Å². The Morgan fingerprint density at radius 2 is 2.14 bits per heavy atom. The van der Waals surface area contributed by atoms with Crippen LogP contribution in [0.5, 0.6) is 5.75 Å². The quantitative estimate of drug-likeness (QED) is 0.812. The summed E-state index contributed by atoms with van der Waals surface area (Å²) in [5, 5.41) is 2.60. The minimum absolute atomic E-state index is 0.155. The Balaban J connectivity index is 2.35. The summed E-state index contributed by atoms with van der Waals surface area (Å²) < 4.78 is 5.07. The van der Waals surface area contributed by atoms with Crippen LogP contribution < -0.4 is 15.7 Å². The Labute approximate surface area is 121 Å². The predicted octanol–water partition coefficient (Wildman–Crippen LogP) is 1.36. The minimum Gasteiger partial charge on any atom is -0.497 e. The minimum atomic E-state index is -0.577. The Morgan fingerprint density at radius 3 is 2.76 bits per heavy atom. The van der Waals surface area contributed by atoms with Crippen molar-refractivity contribution >= 4 is 5.91 Å². The van der Waals surface area contributed by atoms with Crippen LogP contribution in [0.2, 0.25) is 0 Å². The molecule has 0 atom stereocenters. The third kappa shape index (κ3) is 3.56. The zero-order chi connectivity index (χ0) is 15.2. The van der Waals surface area contributed by atoms with Crippen LogP contribution in [0.4, 0.5) is 0 Å². The first-order valence-electron chi connectivity index (χ1n) is 6.29. The van der Waals surface area contributed by atoms with Gasteiger partial charge in [-0.05, 0) is 30.3 Å². The molecule has 0 aliphatic rings. The van der Waals surface area contributed by atoms with Gasteiger partial charge in [0.05, 0.1) is 12.8 Å². The van der Waals surface area contributed by atoms with E-state index in [0.717, 1.165) is 5.56 Å². The van der Waals surface area contributed by atoms with Crippen LogP contribution in [-0.4, -0.2) is 29.5 Å². The molecular formula is C15H15N3O3. The van der Waals surface area contributed by atoms with E-state index in [2.05, 4.69) is 21.9 Å². The number of H-pyrrole nitrogens is 1. The first-order valence-corrected chi connectivity index (χ1v) is 6.29. The third-order valence-electron chi connectivity index (χ3n) is 2.78. The second kappa shape index (κ2) is 6.51. The van der Waals surface area contributed by atoms with Crippen molar-refractivity contribution < 1.29 is 9.53 Å². The number of nitrogens with zero attached hydrogens (tertiary/aromatic N) is 1. The molecule has 1 aromatic heterocycles. The van der Waals surface area contributed by atoms with Gasteiger partial charge in [0.2, 0.25) is 0 Å². The molecule has 0 saturated carbocycles. The van der Waals surface area contributed by atoms with E-state index in [1.165, 1.54) is 6.07 Å². The van der Waals surface area contributed by atoms with Gasteiger partial charge < -0.3 is 15.0 Å². The van der Waals surface area contributed by atoms with Gasteiger partial charge in [-0.2, -0.15) is 4.98 Å². The number of hydrogen-bond donors (Lipinski definition) is 2. The molecule has 0 aliphatic heterocycles. The van der Waals surface area contributed by atoms with Crippen molar-refractivity contribution in [2.24, 2.45) is 0 Å². The Bertz CT molecular complexity index is 705. The molecule has 0 bridgehead atoms. The Kier molecular flexibility index (Phi) is 4.50. The molecule has 1 heterocycles. The number of aromatic amines is 1. The van der Waals surface area contributed by atoms with Gasteiger partial charge >= 0.3 is 5.69 Å². The molecule has 21 heavy (non-hydrogen) atoms. The van der Waals surface area contributed by atoms with Crippen molar-refractivity contribution in [1.82, 2.24) is 15.3 Å². The maximum absolute atomic E-state index is 11.9. The van der Waals surface area contributed by atoms with Crippen molar-refractivity contribution in [3.63, 3.8) is 0 Å². The molecule has 0 saturated heterocycles. The summed E-state index contributed by atoms with van der Waals surface area (Å²) in [4.78, 5) is 29.7. The predicted molar refractivity (Wildman–Crippen MR) is 79.4 cm³/mol. The summed E-state index contributed by atoms with van der Waals surface area (Å²) in [5.41, 5.74) is 0.722. The molecule has 0 spiro atoms. The number of rotatable bonds is 5. The molecule has 1 aromatic carbocycles. The average Bonchev–Trinajstić information content (AvgIpc) is 2.52. The first kappa shape index (κ1) is 14.5. The second-order valence-corrected chi connectivity index (χ2v) is 4.21. The Morgan fingerprint density at radius 1 is 1.43 bits per heavy atom. The molecule has 2 aromatic rings. The van der Waals surface area contributed by atoms with Crippen LogP contribution in [0.3, 0.4) is 0 Å². The number of methoxy groups -OCH3 is 1. The highest BCUT2D eigenvalue weighted by Crippen LogP contribution is 2.19. The van der Waals surface area contributed by atoms with Crippen LogP contribution in [0, 0.1) is 0 Å². The van der Waals surface area contributed by atoms with Crippen molar-refractivity contribution in [2.45, 2.75) is 0 Å².